The number of carbonyl (C=O) groups is 2. The van der Waals surface area contributed by atoms with E-state index in [1.807, 2.05) is 45.0 Å². The van der Waals surface area contributed by atoms with Gasteiger partial charge in [-0.25, -0.2) is 4.79 Å². The number of carbonyl (C=O) groups excluding carboxylic acids is 2. The van der Waals surface area contributed by atoms with Crippen LogP contribution in [0.3, 0.4) is 0 Å². The summed E-state index contributed by atoms with van der Waals surface area (Å²) in [5.74, 6) is -0.301. The Balaban J connectivity index is 1.85. The molecule has 0 radical (unpaired) electrons. The van der Waals surface area contributed by atoms with Gasteiger partial charge in [0.1, 0.15) is 5.60 Å². The number of nitrogens with zero attached hydrogens (tertiary/aromatic N) is 2. The fraction of sp³-hybridized carbons (Fsp3) is 0.462. The molecule has 196 valence electrons. The van der Waals surface area contributed by atoms with E-state index in [9.17, 15) is 19.7 Å². The van der Waals surface area contributed by atoms with Crippen molar-refractivity contribution in [1.82, 2.24) is 5.32 Å². The number of nitrogens with one attached hydrogen (secondary N) is 1. The van der Waals surface area contributed by atoms with Crippen molar-refractivity contribution in [3.63, 3.8) is 0 Å². The Bertz CT molecular complexity index is 1050. The molecule has 10 heteroatoms. The minimum absolute atomic E-state index is 0.0252. The van der Waals surface area contributed by atoms with E-state index in [1.54, 1.807) is 7.05 Å². The van der Waals surface area contributed by atoms with E-state index in [0.717, 1.165) is 24.8 Å². The Kier molecular flexibility index (Phi) is 10.7. The summed E-state index contributed by atoms with van der Waals surface area (Å²) in [6.45, 7) is 6.87. The van der Waals surface area contributed by atoms with Crippen LogP contribution in [0.4, 0.5) is 16.2 Å². The number of amides is 2. The Morgan fingerprint density at radius 1 is 1.08 bits per heavy atom. The van der Waals surface area contributed by atoms with Crippen molar-refractivity contribution in [1.29, 1.82) is 0 Å². The number of rotatable bonds is 12. The highest BCUT2D eigenvalue weighted by Gasteiger charge is 2.21. The van der Waals surface area contributed by atoms with Crippen LogP contribution in [0, 0.1) is 10.1 Å². The third-order valence-corrected chi connectivity index (χ3v) is 5.17. The Morgan fingerprint density at radius 3 is 2.47 bits per heavy atom. The van der Waals surface area contributed by atoms with Crippen LogP contribution in [-0.4, -0.2) is 49.8 Å². The summed E-state index contributed by atoms with van der Waals surface area (Å²) in [6.07, 6.45) is 2.11. The van der Waals surface area contributed by atoms with Crippen LogP contribution in [0.1, 0.15) is 56.0 Å². The number of hydrogen-bond acceptors (Lipinski definition) is 7. The second-order valence-corrected chi connectivity index (χ2v) is 9.18. The third kappa shape index (κ3) is 8.84. The number of nitro groups is 1. The second-order valence-electron chi connectivity index (χ2n) is 9.18. The summed E-state index contributed by atoms with van der Waals surface area (Å²) in [5, 5.41) is 13.9. The summed E-state index contributed by atoms with van der Waals surface area (Å²) < 4.78 is 16.1. The van der Waals surface area contributed by atoms with Crippen LogP contribution in [0.2, 0.25) is 0 Å². The van der Waals surface area contributed by atoms with Crippen molar-refractivity contribution in [2.45, 2.75) is 52.2 Å². The lowest BCUT2D eigenvalue weighted by atomic mass is 10.1. The molecule has 0 saturated carbocycles. The monoisotopic (exact) mass is 501 g/mol. The number of para-hydroxylation sites is 1. The van der Waals surface area contributed by atoms with E-state index in [2.05, 4.69) is 5.32 Å². The van der Waals surface area contributed by atoms with Crippen molar-refractivity contribution >= 4 is 23.4 Å². The first-order valence-corrected chi connectivity index (χ1v) is 11.8. The van der Waals surface area contributed by atoms with Crippen molar-refractivity contribution < 1.29 is 28.7 Å². The maximum atomic E-state index is 13.1. The highest BCUT2D eigenvalue weighted by molar-refractivity contribution is 6.06. The molecule has 2 amide bonds. The number of ether oxygens (including phenoxy) is 3. The SMILES string of the molecule is COc1cc(C(=O)N(C)c2ccccc2COCCCCCNC(=O)OC(C)(C)C)ccc1[N+](=O)[O-]. The molecule has 0 aliphatic heterocycles. The molecule has 0 saturated heterocycles. The van der Waals surface area contributed by atoms with Gasteiger partial charge in [0.15, 0.2) is 5.75 Å². The van der Waals surface area contributed by atoms with Gasteiger partial charge in [-0.05, 0) is 52.2 Å². The Hall–Kier alpha value is -3.66. The van der Waals surface area contributed by atoms with Crippen LogP contribution in [0.15, 0.2) is 42.5 Å². The van der Waals surface area contributed by atoms with Crippen LogP contribution in [0.5, 0.6) is 5.75 Å². The van der Waals surface area contributed by atoms with Gasteiger partial charge in [-0.1, -0.05) is 18.2 Å². The molecule has 10 nitrogen and oxygen atoms in total. The predicted molar refractivity (Wildman–Crippen MR) is 137 cm³/mol. The molecular weight excluding hydrogens is 466 g/mol. The van der Waals surface area contributed by atoms with Crippen LogP contribution < -0.4 is 15.0 Å². The second kappa shape index (κ2) is 13.4. The van der Waals surface area contributed by atoms with E-state index in [1.165, 1.54) is 30.2 Å². The first-order valence-electron chi connectivity index (χ1n) is 11.8. The molecule has 0 fully saturated rings. The first-order chi connectivity index (χ1) is 17.0. The number of anilines is 1. The number of unbranched alkanes of at least 4 members (excludes halogenated alkanes) is 2. The number of hydrogen-bond donors (Lipinski definition) is 1. The summed E-state index contributed by atoms with van der Waals surface area (Å²) in [7, 11) is 2.97. The Morgan fingerprint density at radius 2 is 1.81 bits per heavy atom. The first kappa shape index (κ1) is 28.6. The average Bonchev–Trinajstić information content (AvgIpc) is 2.83. The predicted octanol–water partition coefficient (Wildman–Crippen LogP) is 5.09. The molecule has 0 atom stereocenters. The van der Waals surface area contributed by atoms with Gasteiger partial charge < -0.3 is 24.4 Å². The van der Waals surface area contributed by atoms with E-state index < -0.39 is 16.6 Å². The molecule has 0 aliphatic rings. The number of benzene rings is 2. The molecular formula is C26H35N3O7. The highest BCUT2D eigenvalue weighted by Crippen LogP contribution is 2.29. The molecule has 0 aromatic heterocycles. The number of methoxy groups -OCH3 is 1. The lowest BCUT2D eigenvalue weighted by Crippen LogP contribution is -2.33. The fourth-order valence-electron chi connectivity index (χ4n) is 3.42. The number of nitro benzene ring substituents is 1. The van der Waals surface area contributed by atoms with Gasteiger partial charge in [-0.3, -0.25) is 14.9 Å². The van der Waals surface area contributed by atoms with Gasteiger partial charge in [-0.2, -0.15) is 0 Å². The highest BCUT2D eigenvalue weighted by atomic mass is 16.6. The van der Waals surface area contributed by atoms with Crippen molar-refractivity contribution in [3.8, 4) is 5.75 Å². The quantitative estimate of drug-likeness (QED) is 0.244. The zero-order valence-electron chi connectivity index (χ0n) is 21.5. The number of alkyl carbamates (subject to hydrolysis) is 1. The lowest BCUT2D eigenvalue weighted by molar-refractivity contribution is -0.385. The van der Waals surface area contributed by atoms with Gasteiger partial charge >= 0.3 is 11.8 Å². The van der Waals surface area contributed by atoms with E-state index in [4.69, 9.17) is 14.2 Å². The minimum Gasteiger partial charge on any atom is -0.490 e. The summed E-state index contributed by atoms with van der Waals surface area (Å²) >= 11 is 0. The average molecular weight is 502 g/mol. The van der Waals surface area contributed by atoms with E-state index in [-0.39, 0.29) is 22.9 Å². The molecule has 0 bridgehead atoms. The van der Waals surface area contributed by atoms with Crippen molar-refractivity contribution in [2.75, 3.05) is 32.2 Å². The van der Waals surface area contributed by atoms with Crippen LogP contribution in [0.25, 0.3) is 0 Å². The largest absolute Gasteiger partial charge is 0.490 e. The molecule has 2 aromatic rings. The molecule has 0 unspecified atom stereocenters. The molecule has 2 aromatic carbocycles. The molecule has 2 rings (SSSR count). The van der Waals surface area contributed by atoms with Gasteiger partial charge in [0.2, 0.25) is 0 Å². The van der Waals surface area contributed by atoms with Gasteiger partial charge in [0, 0.05) is 49.1 Å². The topological polar surface area (TPSA) is 120 Å². The van der Waals surface area contributed by atoms with Crippen LogP contribution >= 0.6 is 0 Å². The van der Waals surface area contributed by atoms with E-state index >= 15 is 0 Å². The normalized spacial score (nSPS) is 11.0. The molecule has 36 heavy (non-hydrogen) atoms. The van der Waals surface area contributed by atoms with Gasteiger partial charge in [0.05, 0.1) is 18.6 Å². The lowest BCUT2D eigenvalue weighted by Gasteiger charge is -2.21. The van der Waals surface area contributed by atoms with Gasteiger partial charge in [0.25, 0.3) is 5.91 Å². The standard InChI is InChI=1S/C26H35N3O7/c1-26(2,3)36-25(31)27-15-9-6-10-16-35-18-20-11-7-8-12-21(20)28(4)24(30)19-13-14-22(29(32)33)23(17-19)34-5/h7-8,11-14,17H,6,9-10,15-16,18H2,1-5H3,(H,27,31). The molecule has 0 spiro atoms. The van der Waals surface area contributed by atoms with Crippen LogP contribution in [-0.2, 0) is 16.1 Å². The minimum atomic E-state index is -0.555. The summed E-state index contributed by atoms with van der Waals surface area (Å²) in [5.41, 5.74) is 1.08. The maximum absolute atomic E-state index is 13.1. The van der Waals surface area contributed by atoms with Crippen molar-refractivity contribution in [3.05, 3.63) is 63.7 Å². The zero-order chi connectivity index (χ0) is 26.7. The summed E-state index contributed by atoms with van der Waals surface area (Å²) in [6, 6.07) is 11.5. The zero-order valence-corrected chi connectivity index (χ0v) is 21.5. The maximum Gasteiger partial charge on any atom is 0.407 e. The molecule has 0 heterocycles. The summed E-state index contributed by atoms with van der Waals surface area (Å²) in [4.78, 5) is 36.8. The smallest absolute Gasteiger partial charge is 0.407 e. The van der Waals surface area contributed by atoms with Crippen molar-refractivity contribution in [2.24, 2.45) is 0 Å². The Labute approximate surface area is 211 Å². The van der Waals surface area contributed by atoms with E-state index in [0.29, 0.717) is 25.4 Å². The third-order valence-electron chi connectivity index (χ3n) is 5.17. The fourth-order valence-corrected chi connectivity index (χ4v) is 3.42. The molecule has 0 aliphatic carbocycles. The van der Waals surface area contributed by atoms with Gasteiger partial charge in [-0.15, -0.1) is 0 Å². The molecule has 1 N–H and O–H groups in total.